The fourth-order valence-corrected chi connectivity index (χ4v) is 2.23. The molecule has 1 amide bonds. The third-order valence-electron chi connectivity index (χ3n) is 3.24. The highest BCUT2D eigenvalue weighted by Crippen LogP contribution is 2.12. The van der Waals surface area contributed by atoms with Gasteiger partial charge in [-0.05, 0) is 27.2 Å². The molecule has 0 bridgehead atoms. The molecule has 0 atom stereocenters. The van der Waals surface area contributed by atoms with Crippen LogP contribution in [-0.2, 0) is 9.63 Å². The molecule has 3 nitrogen and oxygen atoms in total. The minimum atomic E-state index is -0.292. The van der Waals surface area contributed by atoms with Gasteiger partial charge >= 0.3 is 0 Å². The van der Waals surface area contributed by atoms with Crippen molar-refractivity contribution < 1.29 is 9.63 Å². The van der Waals surface area contributed by atoms with Gasteiger partial charge in [-0.3, -0.25) is 9.63 Å². The Morgan fingerprint density at radius 2 is 1.30 bits per heavy atom. The van der Waals surface area contributed by atoms with Crippen molar-refractivity contribution in [1.82, 2.24) is 5.06 Å². The summed E-state index contributed by atoms with van der Waals surface area (Å²) in [5.41, 5.74) is -0.292. The van der Waals surface area contributed by atoms with E-state index in [1.807, 2.05) is 20.8 Å². The number of hydrogen-bond donors (Lipinski definition) is 0. The van der Waals surface area contributed by atoms with Crippen molar-refractivity contribution in [3.05, 3.63) is 0 Å². The predicted octanol–water partition coefficient (Wildman–Crippen LogP) is 5.10. The molecule has 0 aromatic carbocycles. The summed E-state index contributed by atoms with van der Waals surface area (Å²) in [6.07, 6.45) is 13.9. The van der Waals surface area contributed by atoms with Crippen molar-refractivity contribution in [2.45, 2.75) is 97.5 Å². The van der Waals surface area contributed by atoms with Crippen LogP contribution in [0.25, 0.3) is 0 Å². The second-order valence-electron chi connectivity index (χ2n) is 6.63. The lowest BCUT2D eigenvalue weighted by atomic mass is 10.1. The van der Waals surface area contributed by atoms with Gasteiger partial charge in [0.05, 0.1) is 5.60 Å². The average Bonchev–Trinajstić information content (AvgIpc) is 2.38. The molecule has 0 fully saturated rings. The number of amides is 1. The van der Waals surface area contributed by atoms with E-state index in [4.69, 9.17) is 4.84 Å². The first-order chi connectivity index (χ1) is 9.49. The second-order valence-corrected chi connectivity index (χ2v) is 6.63. The Morgan fingerprint density at radius 3 is 1.70 bits per heavy atom. The third kappa shape index (κ3) is 13.9. The van der Waals surface area contributed by atoms with Crippen molar-refractivity contribution in [3.8, 4) is 0 Å². The van der Waals surface area contributed by atoms with Gasteiger partial charge in [0, 0.05) is 6.54 Å². The Morgan fingerprint density at radius 1 is 0.850 bits per heavy atom. The van der Waals surface area contributed by atoms with Gasteiger partial charge < -0.3 is 0 Å². The maximum atomic E-state index is 10.9. The summed E-state index contributed by atoms with van der Waals surface area (Å²) in [5.74, 6) is 0. The Kier molecular flexibility index (Phi) is 11.8. The Bertz CT molecular complexity index is 224. The quantitative estimate of drug-likeness (QED) is 0.268. The number of hydrogen-bond acceptors (Lipinski definition) is 2. The van der Waals surface area contributed by atoms with Gasteiger partial charge in [0.2, 0.25) is 6.41 Å². The fourth-order valence-electron chi connectivity index (χ4n) is 2.23. The van der Waals surface area contributed by atoms with Crippen LogP contribution >= 0.6 is 0 Å². The zero-order valence-electron chi connectivity index (χ0n) is 14.1. The predicted molar refractivity (Wildman–Crippen MR) is 85.5 cm³/mol. The molecule has 0 aromatic rings. The van der Waals surface area contributed by atoms with E-state index in [0.717, 1.165) is 12.8 Å². The van der Waals surface area contributed by atoms with Crippen molar-refractivity contribution >= 4 is 6.41 Å². The van der Waals surface area contributed by atoms with Crippen LogP contribution in [0.5, 0.6) is 0 Å². The monoisotopic (exact) mass is 285 g/mol. The molecule has 120 valence electrons. The van der Waals surface area contributed by atoms with Crippen LogP contribution in [0.2, 0.25) is 0 Å². The molecular formula is C17H35NO2. The van der Waals surface area contributed by atoms with Crippen molar-refractivity contribution in [2.75, 3.05) is 6.54 Å². The molecule has 3 heteroatoms. The molecular weight excluding hydrogens is 250 g/mol. The Labute approximate surface area is 126 Å². The summed E-state index contributed by atoms with van der Waals surface area (Å²) in [7, 11) is 0. The molecule has 0 aliphatic rings. The van der Waals surface area contributed by atoms with Gasteiger partial charge in [-0.15, -0.1) is 0 Å². The summed E-state index contributed by atoms with van der Waals surface area (Å²) < 4.78 is 0. The van der Waals surface area contributed by atoms with Gasteiger partial charge in [-0.2, -0.15) is 0 Å². The lowest BCUT2D eigenvalue weighted by molar-refractivity contribution is -0.216. The average molecular weight is 285 g/mol. The molecule has 20 heavy (non-hydrogen) atoms. The van der Waals surface area contributed by atoms with Gasteiger partial charge in [-0.1, -0.05) is 64.7 Å². The van der Waals surface area contributed by atoms with E-state index in [9.17, 15) is 4.79 Å². The van der Waals surface area contributed by atoms with E-state index >= 15 is 0 Å². The lowest BCUT2D eigenvalue weighted by Gasteiger charge is -2.26. The van der Waals surface area contributed by atoms with Gasteiger partial charge in [0.1, 0.15) is 0 Å². The number of carbonyl (C=O) groups is 1. The number of rotatable bonds is 13. The number of unbranched alkanes of at least 4 members (excludes halogenated alkanes) is 9. The van der Waals surface area contributed by atoms with E-state index < -0.39 is 0 Å². The fraction of sp³-hybridized carbons (Fsp3) is 0.941. The molecule has 0 aliphatic carbocycles. The minimum Gasteiger partial charge on any atom is -0.276 e. The molecule has 0 N–H and O–H groups in total. The minimum absolute atomic E-state index is 0.292. The van der Waals surface area contributed by atoms with Crippen LogP contribution in [0.3, 0.4) is 0 Å². The summed E-state index contributed by atoms with van der Waals surface area (Å²) in [5, 5.41) is 1.44. The Hall–Kier alpha value is -0.570. The molecule has 0 heterocycles. The summed E-state index contributed by atoms with van der Waals surface area (Å²) >= 11 is 0. The topological polar surface area (TPSA) is 29.5 Å². The molecule has 0 rings (SSSR count). The molecule has 0 aliphatic heterocycles. The van der Waals surface area contributed by atoms with Crippen molar-refractivity contribution in [1.29, 1.82) is 0 Å². The summed E-state index contributed by atoms with van der Waals surface area (Å²) in [4.78, 5) is 16.4. The number of nitrogens with zero attached hydrogens (tertiary/aromatic N) is 1. The highest BCUT2D eigenvalue weighted by molar-refractivity contribution is 5.44. The highest BCUT2D eigenvalue weighted by atomic mass is 16.7. The van der Waals surface area contributed by atoms with Gasteiger partial charge in [0.25, 0.3) is 0 Å². The van der Waals surface area contributed by atoms with Gasteiger partial charge in [0.15, 0.2) is 0 Å². The van der Waals surface area contributed by atoms with Crippen molar-refractivity contribution in [3.63, 3.8) is 0 Å². The van der Waals surface area contributed by atoms with Crippen molar-refractivity contribution in [2.24, 2.45) is 0 Å². The first-order valence-corrected chi connectivity index (χ1v) is 8.40. The van der Waals surface area contributed by atoms with E-state index in [1.54, 1.807) is 0 Å². The van der Waals surface area contributed by atoms with Crippen LogP contribution < -0.4 is 0 Å². The highest BCUT2D eigenvalue weighted by Gasteiger charge is 2.15. The van der Waals surface area contributed by atoms with Crippen LogP contribution in [0.4, 0.5) is 0 Å². The summed E-state index contributed by atoms with van der Waals surface area (Å²) in [6, 6.07) is 0. The standard InChI is InChI=1S/C17H35NO2/c1-5-6-7-8-9-10-11-12-13-14-15-18(16-19)20-17(2,3)4/h16H,5-15H2,1-4H3. The zero-order chi connectivity index (χ0) is 15.3. The molecule has 0 saturated heterocycles. The molecule has 0 unspecified atom stereocenters. The maximum absolute atomic E-state index is 10.9. The van der Waals surface area contributed by atoms with Gasteiger partial charge in [-0.25, -0.2) is 5.06 Å². The zero-order valence-corrected chi connectivity index (χ0v) is 14.1. The van der Waals surface area contributed by atoms with E-state index in [0.29, 0.717) is 6.54 Å². The first kappa shape index (κ1) is 19.4. The maximum Gasteiger partial charge on any atom is 0.233 e. The SMILES string of the molecule is CCCCCCCCCCCCN(C=O)OC(C)(C)C. The lowest BCUT2D eigenvalue weighted by Crippen LogP contribution is -2.33. The van der Waals surface area contributed by atoms with Crippen LogP contribution in [0.15, 0.2) is 0 Å². The Balaban J connectivity index is 3.36. The largest absolute Gasteiger partial charge is 0.276 e. The van der Waals surface area contributed by atoms with E-state index in [2.05, 4.69) is 6.92 Å². The summed E-state index contributed by atoms with van der Waals surface area (Å²) in [6.45, 7) is 8.84. The number of hydroxylamine groups is 2. The van der Waals surface area contributed by atoms with Crippen LogP contribution in [0, 0.1) is 0 Å². The van der Waals surface area contributed by atoms with Crippen LogP contribution in [-0.4, -0.2) is 23.6 Å². The van der Waals surface area contributed by atoms with E-state index in [-0.39, 0.29) is 5.60 Å². The van der Waals surface area contributed by atoms with E-state index in [1.165, 1.54) is 62.9 Å². The molecule has 0 radical (unpaired) electrons. The normalized spacial score (nSPS) is 11.6. The molecule has 0 aromatic heterocycles. The first-order valence-electron chi connectivity index (χ1n) is 8.40. The number of carbonyl (C=O) groups excluding carboxylic acids is 1. The molecule has 0 saturated carbocycles. The second kappa shape index (κ2) is 12.2. The molecule has 0 spiro atoms. The third-order valence-corrected chi connectivity index (χ3v) is 3.24. The smallest absolute Gasteiger partial charge is 0.233 e. The van der Waals surface area contributed by atoms with Crippen LogP contribution in [0.1, 0.15) is 91.9 Å².